The van der Waals surface area contributed by atoms with Crippen LogP contribution in [0.3, 0.4) is 0 Å². The summed E-state index contributed by atoms with van der Waals surface area (Å²) >= 11 is 12.9. The number of amides is 1. The molecule has 2 aromatic carbocycles. The Hall–Kier alpha value is -2.22. The molecular weight excluding hydrogens is 442 g/mol. The second kappa shape index (κ2) is 10.2. The van der Waals surface area contributed by atoms with Crippen LogP contribution in [0.15, 0.2) is 41.3 Å². The molecule has 1 amide bonds. The van der Waals surface area contributed by atoms with Gasteiger partial charge in [0, 0.05) is 7.05 Å². The minimum Gasteiger partial charge on any atom is -0.490 e. The molecule has 0 spiro atoms. The van der Waals surface area contributed by atoms with Crippen LogP contribution in [0.25, 0.3) is 6.08 Å². The van der Waals surface area contributed by atoms with Crippen molar-refractivity contribution in [3.63, 3.8) is 0 Å². The highest BCUT2D eigenvalue weighted by Gasteiger charge is 2.28. The zero-order valence-corrected chi connectivity index (χ0v) is 19.3. The van der Waals surface area contributed by atoms with Gasteiger partial charge in [-0.05, 0) is 55.3 Å². The number of carbonyl (C=O) groups excluding carboxylic acids is 1. The van der Waals surface area contributed by atoms with E-state index >= 15 is 0 Å². The van der Waals surface area contributed by atoms with Crippen molar-refractivity contribution in [3.8, 4) is 17.2 Å². The number of halogens is 1. The summed E-state index contributed by atoms with van der Waals surface area (Å²) in [5.74, 6) is 1.62. The number of ether oxygens (including phenoxy) is 3. The molecule has 0 bridgehead atoms. The normalized spacial score (nSPS) is 15.1. The number of nitrogens with zero attached hydrogens (tertiary/aromatic N) is 1. The molecule has 158 valence electrons. The first-order valence-electron chi connectivity index (χ1n) is 9.39. The fourth-order valence-electron chi connectivity index (χ4n) is 2.78. The SMILES string of the molecule is CCOc1cc(C=C2SC(=S)N(C)C2=O)cc(Cl)c1OCCOc1cccc(C)c1. The zero-order valence-electron chi connectivity index (χ0n) is 16.9. The number of likely N-dealkylation sites (N-methyl/N-ethyl adjacent to an activating group) is 1. The Balaban J connectivity index is 1.72. The maximum absolute atomic E-state index is 12.2. The minimum atomic E-state index is -0.132. The van der Waals surface area contributed by atoms with E-state index in [2.05, 4.69) is 0 Å². The van der Waals surface area contributed by atoms with Crippen LogP contribution in [0.5, 0.6) is 17.2 Å². The van der Waals surface area contributed by atoms with E-state index in [1.807, 2.05) is 38.1 Å². The van der Waals surface area contributed by atoms with Crippen LogP contribution in [0.2, 0.25) is 5.02 Å². The molecule has 0 atom stereocenters. The zero-order chi connectivity index (χ0) is 21.7. The van der Waals surface area contributed by atoms with Gasteiger partial charge in [0.15, 0.2) is 11.5 Å². The van der Waals surface area contributed by atoms with Crippen molar-refractivity contribution in [1.82, 2.24) is 4.90 Å². The molecule has 0 aliphatic carbocycles. The van der Waals surface area contributed by atoms with Gasteiger partial charge in [-0.15, -0.1) is 0 Å². The van der Waals surface area contributed by atoms with Crippen LogP contribution in [-0.4, -0.2) is 42.0 Å². The molecule has 30 heavy (non-hydrogen) atoms. The second-order valence-electron chi connectivity index (χ2n) is 6.52. The lowest BCUT2D eigenvalue weighted by Gasteiger charge is -2.15. The van der Waals surface area contributed by atoms with Crippen LogP contribution >= 0.6 is 35.6 Å². The lowest BCUT2D eigenvalue weighted by Crippen LogP contribution is -2.22. The summed E-state index contributed by atoms with van der Waals surface area (Å²) in [5, 5.41) is 0.398. The van der Waals surface area contributed by atoms with Crippen molar-refractivity contribution >= 4 is 51.9 Å². The third kappa shape index (κ3) is 5.47. The molecule has 0 radical (unpaired) electrons. The van der Waals surface area contributed by atoms with Crippen LogP contribution in [0, 0.1) is 6.92 Å². The van der Waals surface area contributed by atoms with Gasteiger partial charge in [0.05, 0.1) is 16.5 Å². The first-order valence-corrected chi connectivity index (χ1v) is 11.0. The van der Waals surface area contributed by atoms with Crippen LogP contribution in [-0.2, 0) is 4.79 Å². The smallest absolute Gasteiger partial charge is 0.265 e. The van der Waals surface area contributed by atoms with E-state index in [4.69, 9.17) is 38.0 Å². The Bertz CT molecular complexity index is 993. The van der Waals surface area contributed by atoms with E-state index in [1.54, 1.807) is 25.3 Å². The molecule has 1 heterocycles. The molecule has 1 aliphatic rings. The molecule has 5 nitrogen and oxygen atoms in total. The lowest BCUT2D eigenvalue weighted by atomic mass is 10.1. The maximum atomic E-state index is 12.2. The highest BCUT2D eigenvalue weighted by atomic mass is 35.5. The van der Waals surface area contributed by atoms with Gasteiger partial charge in [-0.3, -0.25) is 9.69 Å². The molecule has 3 rings (SSSR count). The van der Waals surface area contributed by atoms with E-state index < -0.39 is 0 Å². The summed E-state index contributed by atoms with van der Waals surface area (Å²) in [6.45, 7) is 5.02. The Morgan fingerprint density at radius 2 is 1.93 bits per heavy atom. The van der Waals surface area contributed by atoms with Gasteiger partial charge >= 0.3 is 0 Å². The van der Waals surface area contributed by atoms with Crippen molar-refractivity contribution in [2.45, 2.75) is 13.8 Å². The van der Waals surface area contributed by atoms with E-state index in [-0.39, 0.29) is 5.91 Å². The first-order chi connectivity index (χ1) is 14.4. The van der Waals surface area contributed by atoms with Crippen LogP contribution in [0.4, 0.5) is 0 Å². The van der Waals surface area contributed by atoms with E-state index in [9.17, 15) is 4.79 Å². The van der Waals surface area contributed by atoms with Crippen molar-refractivity contribution in [2.75, 3.05) is 26.9 Å². The number of carbonyl (C=O) groups is 1. The molecule has 0 aromatic heterocycles. The van der Waals surface area contributed by atoms with Gasteiger partial charge in [0.2, 0.25) is 0 Å². The van der Waals surface area contributed by atoms with E-state index in [0.717, 1.165) is 16.9 Å². The highest BCUT2D eigenvalue weighted by Crippen LogP contribution is 2.39. The van der Waals surface area contributed by atoms with Crippen molar-refractivity contribution in [2.24, 2.45) is 0 Å². The summed E-state index contributed by atoms with van der Waals surface area (Å²) in [5.41, 5.74) is 1.87. The van der Waals surface area contributed by atoms with Crippen molar-refractivity contribution in [3.05, 3.63) is 57.5 Å². The van der Waals surface area contributed by atoms with Gasteiger partial charge < -0.3 is 14.2 Å². The van der Waals surface area contributed by atoms with Gasteiger partial charge in [-0.1, -0.05) is 47.7 Å². The molecule has 1 aliphatic heterocycles. The third-order valence-electron chi connectivity index (χ3n) is 4.20. The molecule has 0 unspecified atom stereocenters. The lowest BCUT2D eigenvalue weighted by molar-refractivity contribution is -0.121. The van der Waals surface area contributed by atoms with Gasteiger partial charge in [0.1, 0.15) is 23.3 Å². The largest absolute Gasteiger partial charge is 0.490 e. The number of aryl methyl sites for hydroxylation is 1. The summed E-state index contributed by atoms with van der Waals surface area (Å²) in [7, 11) is 1.66. The molecule has 1 saturated heterocycles. The Labute approximate surface area is 190 Å². The molecule has 1 fully saturated rings. The number of thiocarbonyl (C=S) groups is 1. The van der Waals surface area contributed by atoms with E-state index in [0.29, 0.717) is 45.6 Å². The molecule has 0 N–H and O–H groups in total. The predicted octanol–water partition coefficient (Wildman–Crippen LogP) is 5.34. The fourth-order valence-corrected chi connectivity index (χ4v) is 4.23. The van der Waals surface area contributed by atoms with Gasteiger partial charge in [-0.25, -0.2) is 0 Å². The molecular formula is C22H22ClNO4S2. The average Bonchev–Trinajstić information content (AvgIpc) is 2.94. The number of hydrogen-bond acceptors (Lipinski definition) is 6. The number of rotatable bonds is 8. The van der Waals surface area contributed by atoms with Crippen molar-refractivity contribution in [1.29, 1.82) is 0 Å². The van der Waals surface area contributed by atoms with Crippen LogP contribution < -0.4 is 14.2 Å². The molecule has 2 aromatic rings. The van der Waals surface area contributed by atoms with Crippen molar-refractivity contribution < 1.29 is 19.0 Å². The summed E-state index contributed by atoms with van der Waals surface area (Å²) in [4.78, 5) is 14.2. The number of thioether (sulfide) groups is 1. The second-order valence-corrected chi connectivity index (χ2v) is 8.60. The Morgan fingerprint density at radius 1 is 1.17 bits per heavy atom. The third-order valence-corrected chi connectivity index (χ3v) is 5.97. The standard InChI is InChI=1S/C22H22ClNO4S2/c1-4-26-18-12-15(13-19-21(25)24(3)22(29)30-19)11-17(23)20(18)28-9-8-27-16-7-5-6-14(2)10-16/h5-7,10-13H,4,8-9H2,1-3H3. The first kappa shape index (κ1) is 22.5. The Kier molecular flexibility index (Phi) is 7.64. The summed E-state index contributed by atoms with van der Waals surface area (Å²) < 4.78 is 17.8. The predicted molar refractivity (Wildman–Crippen MR) is 126 cm³/mol. The topological polar surface area (TPSA) is 48.0 Å². The Morgan fingerprint density at radius 3 is 2.60 bits per heavy atom. The monoisotopic (exact) mass is 463 g/mol. The van der Waals surface area contributed by atoms with E-state index in [1.165, 1.54) is 16.7 Å². The summed E-state index contributed by atoms with van der Waals surface area (Å²) in [6.07, 6.45) is 1.75. The maximum Gasteiger partial charge on any atom is 0.265 e. The van der Waals surface area contributed by atoms with Gasteiger partial charge in [-0.2, -0.15) is 0 Å². The highest BCUT2D eigenvalue weighted by molar-refractivity contribution is 8.26. The van der Waals surface area contributed by atoms with Crippen LogP contribution in [0.1, 0.15) is 18.1 Å². The molecule has 0 saturated carbocycles. The summed E-state index contributed by atoms with van der Waals surface area (Å²) in [6, 6.07) is 11.4. The number of benzene rings is 2. The molecule has 8 heteroatoms. The number of hydrogen-bond donors (Lipinski definition) is 0. The quantitative estimate of drug-likeness (QED) is 0.299. The fraction of sp³-hybridized carbons (Fsp3) is 0.273. The average molecular weight is 464 g/mol. The van der Waals surface area contributed by atoms with Gasteiger partial charge in [0.25, 0.3) is 5.91 Å². The minimum absolute atomic E-state index is 0.132.